The summed E-state index contributed by atoms with van der Waals surface area (Å²) < 4.78 is 0. The van der Waals surface area contributed by atoms with E-state index in [1.165, 1.54) is 64.8 Å². The summed E-state index contributed by atoms with van der Waals surface area (Å²) in [6.45, 7) is 2.18. The predicted octanol–water partition coefficient (Wildman–Crippen LogP) is -0.570. The number of aliphatic hydroxyl groups is 3. The minimum atomic E-state index is -1.56. The Morgan fingerprint density at radius 3 is 1.48 bits per heavy atom. The molecule has 16 N–H and O–H groups in total. The van der Waals surface area contributed by atoms with Gasteiger partial charge in [0.2, 0.25) is 41.4 Å². The normalized spacial score (nSPS) is 13.8. The molecule has 7 amide bonds. The van der Waals surface area contributed by atoms with E-state index in [0.717, 1.165) is 25.7 Å². The van der Waals surface area contributed by atoms with E-state index in [1.54, 1.807) is 0 Å². The molecule has 3 unspecified atom stereocenters. The molecule has 0 fully saturated rings. The number of guanidine groups is 1. The number of aliphatic imine (C=N–C) groups is 1. The number of unbranched alkanes of at least 4 members (excludes halogenated alkanes) is 14. The standard InChI is InChI=1S/C43H83N11O10/c1-4-6-8-9-10-11-12-13-14-15-16-17-18-23-36(58)49-27-37(59)50-33(28-55)41(63)53-32(24-25-35(44)57)40(62)52-31(22-19-20-26-48-43(45)46)39(61)54-34(29-56)42(64)51-30(21-7-5-2)38(60)47-3/h30-34,38,47,55-56,60H,4-29H2,1-3H3,(H2,44,57)(H,49,58)(H,50,59)(H,51,64)(H,52,62)(H,53,63)(H,54,61)(H4,45,46,48)/t30-,31?,32-,33?,34-,38?/m0/s1. The Bertz CT molecular complexity index is 1390. The molecule has 0 saturated heterocycles. The van der Waals surface area contributed by atoms with Crippen LogP contribution in [-0.4, -0.2) is 132 Å². The van der Waals surface area contributed by atoms with Crippen molar-refractivity contribution in [2.45, 2.75) is 192 Å². The average molecular weight is 914 g/mol. The fourth-order valence-corrected chi connectivity index (χ4v) is 6.73. The first-order chi connectivity index (χ1) is 30.6. The van der Waals surface area contributed by atoms with Crippen LogP contribution in [0.2, 0.25) is 0 Å². The first-order valence-corrected chi connectivity index (χ1v) is 23.3. The van der Waals surface area contributed by atoms with Crippen molar-refractivity contribution in [1.29, 1.82) is 0 Å². The number of hydrogen-bond donors (Lipinski definition) is 13. The summed E-state index contributed by atoms with van der Waals surface area (Å²) in [6.07, 6.45) is 16.1. The van der Waals surface area contributed by atoms with Crippen molar-refractivity contribution < 1.29 is 48.9 Å². The number of nitrogens with one attached hydrogen (secondary N) is 7. The van der Waals surface area contributed by atoms with Gasteiger partial charge >= 0.3 is 0 Å². The third-order valence-corrected chi connectivity index (χ3v) is 10.6. The zero-order valence-electron chi connectivity index (χ0n) is 38.7. The molecule has 0 rings (SSSR count). The minimum Gasteiger partial charge on any atom is -0.394 e. The van der Waals surface area contributed by atoms with Crippen LogP contribution in [0.3, 0.4) is 0 Å². The summed E-state index contributed by atoms with van der Waals surface area (Å²) in [6, 6.07) is -6.63. The van der Waals surface area contributed by atoms with Gasteiger partial charge in [-0.25, -0.2) is 0 Å². The summed E-state index contributed by atoms with van der Waals surface area (Å²) in [5.41, 5.74) is 16.1. The second-order valence-corrected chi connectivity index (χ2v) is 16.2. The number of nitrogens with two attached hydrogens (primary N) is 3. The van der Waals surface area contributed by atoms with E-state index < -0.39 is 91.6 Å². The maximum Gasteiger partial charge on any atom is 0.245 e. The molecule has 0 aromatic carbocycles. The molecule has 0 spiro atoms. The Morgan fingerprint density at radius 2 is 0.984 bits per heavy atom. The van der Waals surface area contributed by atoms with Gasteiger partial charge in [-0.3, -0.25) is 43.9 Å². The number of rotatable bonds is 40. The van der Waals surface area contributed by atoms with Crippen LogP contribution < -0.4 is 54.4 Å². The molecule has 0 aromatic heterocycles. The zero-order chi connectivity index (χ0) is 48.1. The Hall–Kier alpha value is -4.60. The lowest BCUT2D eigenvalue weighted by Crippen LogP contribution is -2.60. The summed E-state index contributed by atoms with van der Waals surface area (Å²) >= 11 is 0. The third kappa shape index (κ3) is 29.7. The second kappa shape index (κ2) is 37.7. The van der Waals surface area contributed by atoms with Gasteiger partial charge in [-0.15, -0.1) is 0 Å². The lowest BCUT2D eigenvalue weighted by molar-refractivity contribution is -0.135. The van der Waals surface area contributed by atoms with Gasteiger partial charge in [-0.2, -0.15) is 0 Å². The molecule has 0 heterocycles. The summed E-state index contributed by atoms with van der Waals surface area (Å²) in [5.74, 6) is -5.67. The number of carbonyl (C=O) groups is 7. The number of carbonyl (C=O) groups excluding carboxylic acids is 7. The van der Waals surface area contributed by atoms with Crippen molar-refractivity contribution in [2.75, 3.05) is 33.4 Å². The molecule has 6 atom stereocenters. The minimum absolute atomic E-state index is 0.0220. The fourth-order valence-electron chi connectivity index (χ4n) is 6.73. The highest BCUT2D eigenvalue weighted by atomic mass is 16.3. The Balaban J connectivity index is 5.47. The van der Waals surface area contributed by atoms with E-state index in [9.17, 15) is 48.9 Å². The van der Waals surface area contributed by atoms with Crippen molar-refractivity contribution in [1.82, 2.24) is 37.2 Å². The number of hydrogen-bond acceptors (Lipinski definition) is 12. The Labute approximate surface area is 379 Å². The fraction of sp³-hybridized carbons (Fsp3) is 0.814. The highest BCUT2D eigenvalue weighted by Crippen LogP contribution is 2.13. The van der Waals surface area contributed by atoms with Gasteiger partial charge in [0.05, 0.1) is 25.8 Å². The van der Waals surface area contributed by atoms with Gasteiger partial charge in [-0.05, 0) is 45.6 Å². The van der Waals surface area contributed by atoms with Crippen molar-refractivity contribution >= 4 is 47.3 Å². The molecule has 64 heavy (non-hydrogen) atoms. The first kappa shape index (κ1) is 59.4. The van der Waals surface area contributed by atoms with E-state index in [1.807, 2.05) is 6.92 Å². The van der Waals surface area contributed by atoms with Crippen LogP contribution in [-0.2, 0) is 33.6 Å². The van der Waals surface area contributed by atoms with Gasteiger partial charge in [0.15, 0.2) is 5.96 Å². The number of likely N-dealkylation sites (N-methyl/N-ethyl adjacent to an activating group) is 1. The number of nitrogens with zero attached hydrogens (tertiary/aromatic N) is 1. The first-order valence-electron chi connectivity index (χ1n) is 23.3. The number of aliphatic hydroxyl groups excluding tert-OH is 3. The molecule has 0 radical (unpaired) electrons. The van der Waals surface area contributed by atoms with E-state index in [-0.39, 0.29) is 50.5 Å². The Morgan fingerprint density at radius 1 is 0.516 bits per heavy atom. The van der Waals surface area contributed by atoms with Crippen LogP contribution >= 0.6 is 0 Å². The molecule has 21 nitrogen and oxygen atoms in total. The van der Waals surface area contributed by atoms with Gasteiger partial charge in [0.25, 0.3) is 0 Å². The monoisotopic (exact) mass is 914 g/mol. The molecule has 0 aliphatic carbocycles. The molecular formula is C43H83N11O10. The smallest absolute Gasteiger partial charge is 0.245 e. The lowest BCUT2D eigenvalue weighted by Gasteiger charge is -2.28. The average Bonchev–Trinajstić information content (AvgIpc) is 3.26. The molecule has 0 aromatic rings. The van der Waals surface area contributed by atoms with E-state index in [2.05, 4.69) is 49.1 Å². The maximum absolute atomic E-state index is 13.7. The Kier molecular flexibility index (Phi) is 35.0. The molecule has 21 heteroatoms. The van der Waals surface area contributed by atoms with Crippen molar-refractivity contribution in [3.63, 3.8) is 0 Å². The van der Waals surface area contributed by atoms with Crippen molar-refractivity contribution in [3.05, 3.63) is 0 Å². The number of amides is 7. The summed E-state index contributed by atoms with van der Waals surface area (Å²) in [4.78, 5) is 94.4. The largest absolute Gasteiger partial charge is 0.394 e. The van der Waals surface area contributed by atoms with Gasteiger partial charge in [0.1, 0.15) is 30.4 Å². The van der Waals surface area contributed by atoms with Gasteiger partial charge in [0, 0.05) is 19.4 Å². The van der Waals surface area contributed by atoms with E-state index in [0.29, 0.717) is 25.7 Å². The zero-order valence-corrected chi connectivity index (χ0v) is 38.7. The molecule has 370 valence electrons. The molecule has 0 saturated carbocycles. The topological polar surface area (TPSA) is 355 Å². The van der Waals surface area contributed by atoms with Crippen molar-refractivity contribution in [2.24, 2.45) is 22.2 Å². The molecular weight excluding hydrogens is 831 g/mol. The molecule has 0 bridgehead atoms. The van der Waals surface area contributed by atoms with Crippen LogP contribution in [0.25, 0.3) is 0 Å². The SMILES string of the molecule is CCCCCCCCCCCCCCCC(=O)NCC(=O)NC(CO)C(=O)N[C@@H](CCC(N)=O)C(=O)NC(CCCCN=C(N)N)C(=O)N[C@@H](CO)C(=O)N[C@@H](CCCC)C(O)NC. The summed E-state index contributed by atoms with van der Waals surface area (Å²) in [5, 5.41) is 47.8. The van der Waals surface area contributed by atoms with E-state index >= 15 is 0 Å². The molecule has 0 aliphatic heterocycles. The maximum atomic E-state index is 13.7. The van der Waals surface area contributed by atoms with Gasteiger partial charge in [-0.1, -0.05) is 104 Å². The summed E-state index contributed by atoms with van der Waals surface area (Å²) in [7, 11) is 1.50. The highest BCUT2D eigenvalue weighted by Gasteiger charge is 2.32. The van der Waals surface area contributed by atoms with Crippen LogP contribution in [0.1, 0.15) is 155 Å². The van der Waals surface area contributed by atoms with Crippen LogP contribution in [0.4, 0.5) is 0 Å². The second-order valence-electron chi connectivity index (χ2n) is 16.2. The highest BCUT2D eigenvalue weighted by molar-refractivity contribution is 5.96. The predicted molar refractivity (Wildman–Crippen MR) is 245 cm³/mol. The quantitative estimate of drug-likeness (QED) is 0.0159. The molecule has 0 aliphatic rings. The van der Waals surface area contributed by atoms with Crippen LogP contribution in [0.15, 0.2) is 4.99 Å². The third-order valence-electron chi connectivity index (χ3n) is 10.6. The van der Waals surface area contributed by atoms with Crippen LogP contribution in [0, 0.1) is 0 Å². The van der Waals surface area contributed by atoms with Crippen molar-refractivity contribution in [3.8, 4) is 0 Å². The van der Waals surface area contributed by atoms with Gasteiger partial charge < -0.3 is 64.4 Å². The number of primary amides is 1. The van der Waals surface area contributed by atoms with E-state index in [4.69, 9.17) is 17.2 Å². The lowest BCUT2D eigenvalue weighted by atomic mass is 10.0. The van der Waals surface area contributed by atoms with Crippen LogP contribution in [0.5, 0.6) is 0 Å².